The van der Waals surface area contributed by atoms with Gasteiger partial charge in [0.1, 0.15) is 0 Å². The number of ketones is 1. The Labute approximate surface area is 153 Å². The van der Waals surface area contributed by atoms with Crippen molar-refractivity contribution in [2.24, 2.45) is 0 Å². The van der Waals surface area contributed by atoms with E-state index < -0.39 is 10.0 Å². The van der Waals surface area contributed by atoms with Gasteiger partial charge in [0.15, 0.2) is 5.78 Å². The molecule has 0 aliphatic carbocycles. The maximum atomic E-state index is 12.2. The topological polar surface area (TPSA) is 92.3 Å². The fourth-order valence-electron chi connectivity index (χ4n) is 2.26. The molecule has 0 saturated carbocycles. The second kappa shape index (κ2) is 8.73. The lowest BCUT2D eigenvalue weighted by Gasteiger charge is -2.08. The average Bonchev–Trinajstić information content (AvgIpc) is 2.61. The first kappa shape index (κ1) is 19.8. The van der Waals surface area contributed by atoms with Crippen LogP contribution < -0.4 is 10.0 Å². The van der Waals surface area contributed by atoms with E-state index in [2.05, 4.69) is 10.0 Å². The van der Waals surface area contributed by atoms with Crippen LogP contribution in [0.3, 0.4) is 0 Å². The van der Waals surface area contributed by atoms with Crippen LogP contribution in [0.25, 0.3) is 0 Å². The van der Waals surface area contributed by atoms with Crippen molar-refractivity contribution in [3.05, 3.63) is 65.2 Å². The molecule has 0 aliphatic heterocycles. The summed E-state index contributed by atoms with van der Waals surface area (Å²) < 4.78 is 26.9. The zero-order valence-corrected chi connectivity index (χ0v) is 15.6. The van der Waals surface area contributed by atoms with Crippen molar-refractivity contribution in [1.29, 1.82) is 0 Å². The molecular formula is C19H22N2O4S. The molecule has 0 heterocycles. The third kappa shape index (κ3) is 5.79. The minimum atomic E-state index is -3.77. The Bertz CT molecular complexity index is 890. The van der Waals surface area contributed by atoms with Gasteiger partial charge in [-0.1, -0.05) is 42.0 Å². The van der Waals surface area contributed by atoms with Crippen molar-refractivity contribution < 1.29 is 18.0 Å². The fraction of sp³-hybridized carbons (Fsp3) is 0.263. The van der Waals surface area contributed by atoms with E-state index in [0.717, 1.165) is 11.1 Å². The van der Waals surface area contributed by atoms with Gasteiger partial charge in [-0.2, -0.15) is 0 Å². The van der Waals surface area contributed by atoms with Crippen molar-refractivity contribution in [2.45, 2.75) is 31.7 Å². The highest BCUT2D eigenvalue weighted by molar-refractivity contribution is 7.89. The number of hydrogen-bond donors (Lipinski definition) is 2. The summed E-state index contributed by atoms with van der Waals surface area (Å²) in [6.07, 6.45) is 0.0253. The van der Waals surface area contributed by atoms with Gasteiger partial charge >= 0.3 is 0 Å². The highest BCUT2D eigenvalue weighted by Gasteiger charge is 2.15. The Balaban J connectivity index is 1.84. The number of aryl methyl sites for hydroxylation is 1. The third-order valence-electron chi connectivity index (χ3n) is 3.81. The van der Waals surface area contributed by atoms with Crippen LogP contribution in [0.1, 0.15) is 34.8 Å². The number of carbonyl (C=O) groups excluding carboxylic acids is 2. The summed E-state index contributed by atoms with van der Waals surface area (Å²) in [5.41, 5.74) is 2.44. The predicted octanol–water partition coefficient (Wildman–Crippen LogP) is 2.18. The first-order valence-electron chi connectivity index (χ1n) is 8.21. The molecule has 138 valence electrons. The average molecular weight is 374 g/mol. The predicted molar refractivity (Wildman–Crippen MR) is 99.3 cm³/mol. The van der Waals surface area contributed by atoms with Crippen LogP contribution in [0.2, 0.25) is 0 Å². The lowest BCUT2D eigenvalue weighted by atomic mass is 10.1. The summed E-state index contributed by atoms with van der Waals surface area (Å²) in [4.78, 5) is 23.2. The number of Topliss-reactive ketones (excluding diaryl/α,β-unsaturated/α-hetero) is 1. The van der Waals surface area contributed by atoms with Crippen LogP contribution in [-0.4, -0.2) is 26.7 Å². The normalized spacial score (nSPS) is 11.2. The van der Waals surface area contributed by atoms with Gasteiger partial charge in [-0.25, -0.2) is 13.1 Å². The van der Waals surface area contributed by atoms with Crippen molar-refractivity contribution in [3.8, 4) is 0 Å². The number of carbonyl (C=O) groups is 2. The minimum Gasteiger partial charge on any atom is -0.352 e. The molecule has 7 heteroatoms. The molecule has 0 saturated heterocycles. The molecular weight excluding hydrogens is 352 g/mol. The van der Waals surface area contributed by atoms with Gasteiger partial charge in [0.25, 0.3) is 0 Å². The van der Waals surface area contributed by atoms with E-state index in [9.17, 15) is 18.0 Å². The summed E-state index contributed by atoms with van der Waals surface area (Å²) in [6, 6.07) is 13.6. The summed E-state index contributed by atoms with van der Waals surface area (Å²) in [7, 11) is -3.77. The Morgan fingerprint density at radius 3 is 2.38 bits per heavy atom. The molecule has 1 amide bonds. The molecule has 0 atom stereocenters. The van der Waals surface area contributed by atoms with Gasteiger partial charge in [0.05, 0.1) is 4.90 Å². The van der Waals surface area contributed by atoms with Crippen LogP contribution >= 0.6 is 0 Å². The first-order valence-corrected chi connectivity index (χ1v) is 9.69. The number of amides is 1. The van der Waals surface area contributed by atoms with Crippen LogP contribution in [0, 0.1) is 6.92 Å². The molecule has 0 radical (unpaired) electrons. The number of sulfonamides is 1. The number of hydrogen-bond acceptors (Lipinski definition) is 4. The molecule has 2 N–H and O–H groups in total. The molecule has 0 aromatic heterocycles. The zero-order valence-electron chi connectivity index (χ0n) is 14.8. The van der Waals surface area contributed by atoms with Gasteiger partial charge < -0.3 is 5.32 Å². The fourth-order valence-corrected chi connectivity index (χ4v) is 3.34. The first-order chi connectivity index (χ1) is 12.3. The Morgan fingerprint density at radius 1 is 1.04 bits per heavy atom. The lowest BCUT2D eigenvalue weighted by Crippen LogP contribution is -2.30. The van der Waals surface area contributed by atoms with Gasteiger partial charge in [0, 0.05) is 25.1 Å². The molecule has 0 aliphatic rings. The van der Waals surface area contributed by atoms with Gasteiger partial charge in [-0.05, 0) is 31.5 Å². The van der Waals surface area contributed by atoms with Crippen LogP contribution in [0.5, 0.6) is 0 Å². The molecule has 2 aromatic rings. The Morgan fingerprint density at radius 2 is 1.73 bits per heavy atom. The molecule has 2 aromatic carbocycles. The molecule has 26 heavy (non-hydrogen) atoms. The van der Waals surface area contributed by atoms with E-state index in [-0.39, 0.29) is 29.6 Å². The number of benzene rings is 2. The second-order valence-corrected chi connectivity index (χ2v) is 7.76. The van der Waals surface area contributed by atoms with E-state index in [1.807, 2.05) is 31.2 Å². The highest BCUT2D eigenvalue weighted by Crippen LogP contribution is 2.12. The van der Waals surface area contributed by atoms with Gasteiger partial charge in [0.2, 0.25) is 15.9 Å². The molecule has 2 rings (SSSR count). The molecule has 0 unspecified atom stereocenters. The molecule has 6 nitrogen and oxygen atoms in total. The Hall–Kier alpha value is -2.51. The smallest absolute Gasteiger partial charge is 0.240 e. The van der Waals surface area contributed by atoms with Crippen LogP contribution in [0.4, 0.5) is 0 Å². The summed E-state index contributed by atoms with van der Waals surface area (Å²) >= 11 is 0. The standard InChI is InChI=1S/C19H22N2O4S/c1-14-6-8-16(9-7-14)13-20-19(23)10-11-21-26(24,25)18-5-3-4-17(12-18)15(2)22/h3-9,12,21H,10-11,13H2,1-2H3,(H,20,23). The van der Waals surface area contributed by atoms with Crippen LogP contribution in [-0.2, 0) is 21.4 Å². The van der Waals surface area contributed by atoms with E-state index >= 15 is 0 Å². The lowest BCUT2D eigenvalue weighted by molar-refractivity contribution is -0.121. The number of rotatable bonds is 8. The van der Waals surface area contributed by atoms with Crippen molar-refractivity contribution in [2.75, 3.05) is 6.54 Å². The van der Waals surface area contributed by atoms with Crippen molar-refractivity contribution >= 4 is 21.7 Å². The summed E-state index contributed by atoms with van der Waals surface area (Å²) in [6.45, 7) is 3.73. The van der Waals surface area contributed by atoms with E-state index in [1.165, 1.54) is 25.1 Å². The minimum absolute atomic E-state index is 0.00487. The highest BCUT2D eigenvalue weighted by atomic mass is 32.2. The second-order valence-electron chi connectivity index (χ2n) is 5.99. The maximum absolute atomic E-state index is 12.2. The van der Waals surface area contributed by atoms with E-state index in [1.54, 1.807) is 6.07 Å². The van der Waals surface area contributed by atoms with E-state index in [0.29, 0.717) is 12.1 Å². The van der Waals surface area contributed by atoms with Crippen LogP contribution in [0.15, 0.2) is 53.4 Å². The van der Waals surface area contributed by atoms with Crippen molar-refractivity contribution in [3.63, 3.8) is 0 Å². The zero-order chi connectivity index (χ0) is 19.2. The van der Waals surface area contributed by atoms with E-state index in [4.69, 9.17) is 0 Å². The van der Waals surface area contributed by atoms with Crippen molar-refractivity contribution in [1.82, 2.24) is 10.0 Å². The largest absolute Gasteiger partial charge is 0.352 e. The SMILES string of the molecule is CC(=O)c1cccc(S(=O)(=O)NCCC(=O)NCc2ccc(C)cc2)c1. The Kier molecular flexibility index (Phi) is 6.65. The molecule has 0 fully saturated rings. The maximum Gasteiger partial charge on any atom is 0.240 e. The van der Waals surface area contributed by atoms with Gasteiger partial charge in [-0.3, -0.25) is 9.59 Å². The summed E-state index contributed by atoms with van der Waals surface area (Å²) in [5.74, 6) is -0.455. The molecule has 0 bridgehead atoms. The third-order valence-corrected chi connectivity index (χ3v) is 5.26. The monoisotopic (exact) mass is 374 g/mol. The number of nitrogens with one attached hydrogen (secondary N) is 2. The molecule has 0 spiro atoms. The van der Waals surface area contributed by atoms with Gasteiger partial charge in [-0.15, -0.1) is 0 Å². The summed E-state index contributed by atoms with van der Waals surface area (Å²) in [5, 5.41) is 2.75. The quantitative estimate of drug-likeness (QED) is 0.693.